The van der Waals surface area contributed by atoms with E-state index in [0.29, 0.717) is 0 Å². The zero-order valence-corrected chi connectivity index (χ0v) is 12.8. The Morgan fingerprint density at radius 1 is 1.45 bits per heavy atom. The van der Waals surface area contributed by atoms with Gasteiger partial charge in [0.05, 0.1) is 30.7 Å². The number of methoxy groups -OCH3 is 1. The molecule has 6 nitrogen and oxygen atoms in total. The molecule has 1 unspecified atom stereocenters. The molecule has 0 fully saturated rings. The summed E-state index contributed by atoms with van der Waals surface area (Å²) in [6, 6.07) is 2.09. The second-order valence-electron chi connectivity index (χ2n) is 4.88. The second kappa shape index (κ2) is 6.09. The van der Waals surface area contributed by atoms with Crippen LogP contribution >= 0.6 is 0 Å². The second-order valence-corrected chi connectivity index (χ2v) is 4.88. The molecule has 0 aliphatic carbocycles. The van der Waals surface area contributed by atoms with E-state index in [1.807, 2.05) is 30.4 Å². The van der Waals surface area contributed by atoms with Crippen molar-refractivity contribution in [2.45, 2.75) is 32.9 Å². The zero-order chi connectivity index (χ0) is 14.7. The van der Waals surface area contributed by atoms with Crippen LogP contribution in [0.5, 0.6) is 5.75 Å². The number of hydrogen-bond donors (Lipinski definition) is 1. The molecule has 110 valence electrons. The molecule has 0 aromatic carbocycles. The summed E-state index contributed by atoms with van der Waals surface area (Å²) in [5, 5.41) is 12.2. The average molecular weight is 277 g/mol. The summed E-state index contributed by atoms with van der Waals surface area (Å²) in [6.07, 6.45) is 2.80. The van der Waals surface area contributed by atoms with Crippen LogP contribution in [0.3, 0.4) is 0 Å². The third-order valence-corrected chi connectivity index (χ3v) is 3.40. The van der Waals surface area contributed by atoms with E-state index < -0.39 is 0 Å². The van der Waals surface area contributed by atoms with Gasteiger partial charge in [0.25, 0.3) is 0 Å². The van der Waals surface area contributed by atoms with Gasteiger partial charge in [-0.2, -0.15) is 10.2 Å². The Morgan fingerprint density at radius 2 is 2.20 bits per heavy atom. The predicted molar refractivity (Wildman–Crippen MR) is 77.9 cm³/mol. The summed E-state index contributed by atoms with van der Waals surface area (Å²) >= 11 is 0. The van der Waals surface area contributed by atoms with E-state index in [4.69, 9.17) is 4.74 Å². The third kappa shape index (κ3) is 2.56. The van der Waals surface area contributed by atoms with Gasteiger partial charge >= 0.3 is 0 Å². The van der Waals surface area contributed by atoms with Crippen molar-refractivity contribution >= 4 is 0 Å². The van der Waals surface area contributed by atoms with E-state index in [0.717, 1.165) is 35.8 Å². The van der Waals surface area contributed by atoms with Gasteiger partial charge in [0.1, 0.15) is 5.69 Å². The highest BCUT2D eigenvalue weighted by Crippen LogP contribution is 2.30. The van der Waals surface area contributed by atoms with Crippen LogP contribution in [0.25, 0.3) is 0 Å². The molecule has 1 N–H and O–H groups in total. The van der Waals surface area contributed by atoms with Crippen LogP contribution in [-0.4, -0.2) is 33.7 Å². The summed E-state index contributed by atoms with van der Waals surface area (Å²) in [5.41, 5.74) is 3.14. The van der Waals surface area contributed by atoms with Gasteiger partial charge in [-0.1, -0.05) is 6.92 Å². The molecule has 0 aliphatic heterocycles. The summed E-state index contributed by atoms with van der Waals surface area (Å²) < 4.78 is 9.37. The van der Waals surface area contributed by atoms with Gasteiger partial charge in [0, 0.05) is 13.6 Å². The number of nitrogens with one attached hydrogen (secondary N) is 1. The highest BCUT2D eigenvalue weighted by molar-refractivity contribution is 5.34. The molecule has 0 radical (unpaired) electrons. The fourth-order valence-electron chi connectivity index (χ4n) is 2.54. The first kappa shape index (κ1) is 14.6. The Balaban J connectivity index is 2.50. The van der Waals surface area contributed by atoms with Crippen LogP contribution in [0.2, 0.25) is 0 Å². The normalized spacial score (nSPS) is 12.7. The predicted octanol–water partition coefficient (Wildman–Crippen LogP) is 1.65. The first-order valence-corrected chi connectivity index (χ1v) is 6.89. The van der Waals surface area contributed by atoms with Crippen molar-refractivity contribution in [3.8, 4) is 5.75 Å². The maximum absolute atomic E-state index is 5.47. The van der Waals surface area contributed by atoms with Crippen LogP contribution in [0.4, 0.5) is 0 Å². The highest BCUT2D eigenvalue weighted by Gasteiger charge is 2.24. The lowest BCUT2D eigenvalue weighted by molar-refractivity contribution is 0.398. The number of hydrogen-bond acceptors (Lipinski definition) is 4. The van der Waals surface area contributed by atoms with E-state index in [2.05, 4.69) is 28.5 Å². The topological polar surface area (TPSA) is 56.9 Å². The lowest BCUT2D eigenvalue weighted by atomic mass is 10.1. The molecule has 2 aromatic heterocycles. The van der Waals surface area contributed by atoms with Gasteiger partial charge in [-0.25, -0.2) is 0 Å². The number of ether oxygens (including phenoxy) is 1. The van der Waals surface area contributed by atoms with Crippen molar-refractivity contribution in [1.29, 1.82) is 0 Å². The lowest BCUT2D eigenvalue weighted by Gasteiger charge is -2.19. The van der Waals surface area contributed by atoms with Crippen LogP contribution in [0.15, 0.2) is 12.3 Å². The van der Waals surface area contributed by atoms with Crippen LogP contribution in [0.1, 0.15) is 36.5 Å². The Kier molecular flexibility index (Phi) is 4.44. The molecule has 20 heavy (non-hydrogen) atoms. The molecule has 6 heteroatoms. The Hall–Kier alpha value is -1.82. The maximum Gasteiger partial charge on any atom is 0.161 e. The summed E-state index contributed by atoms with van der Waals surface area (Å²) in [5.74, 6) is 0.802. The molecule has 0 saturated carbocycles. The lowest BCUT2D eigenvalue weighted by Crippen LogP contribution is -2.24. The molecule has 2 aromatic rings. The molecule has 0 saturated heterocycles. The van der Waals surface area contributed by atoms with Gasteiger partial charge in [0.15, 0.2) is 5.75 Å². The first-order chi connectivity index (χ1) is 9.62. The number of rotatable bonds is 6. The van der Waals surface area contributed by atoms with Crippen molar-refractivity contribution < 1.29 is 4.74 Å². The van der Waals surface area contributed by atoms with E-state index >= 15 is 0 Å². The van der Waals surface area contributed by atoms with Crippen LogP contribution in [0, 0.1) is 6.92 Å². The Morgan fingerprint density at radius 3 is 2.70 bits per heavy atom. The van der Waals surface area contributed by atoms with Crippen molar-refractivity contribution in [3.63, 3.8) is 0 Å². The van der Waals surface area contributed by atoms with Gasteiger partial charge in [-0.15, -0.1) is 0 Å². The average Bonchev–Trinajstić information content (AvgIpc) is 2.96. The van der Waals surface area contributed by atoms with Crippen molar-refractivity contribution in [3.05, 3.63) is 29.3 Å². The molecule has 0 amide bonds. The van der Waals surface area contributed by atoms with Crippen molar-refractivity contribution in [2.75, 3.05) is 14.2 Å². The zero-order valence-electron chi connectivity index (χ0n) is 12.8. The molecule has 0 spiro atoms. The largest absolute Gasteiger partial charge is 0.493 e. The van der Waals surface area contributed by atoms with Gasteiger partial charge in [0.2, 0.25) is 0 Å². The smallest absolute Gasteiger partial charge is 0.161 e. The fraction of sp³-hybridized carbons (Fsp3) is 0.571. The standard InChI is InChI=1S/C14H23N5O/c1-6-7-19-14(12(20-5)9-16-19)13(15-3)11-8-10(2)17-18(11)4/h8-9,13,15H,6-7H2,1-5H3. The third-order valence-electron chi connectivity index (χ3n) is 3.40. The van der Waals surface area contributed by atoms with Gasteiger partial charge in [-0.05, 0) is 26.5 Å². The van der Waals surface area contributed by atoms with E-state index in [9.17, 15) is 0 Å². The number of nitrogens with zero attached hydrogens (tertiary/aromatic N) is 4. The van der Waals surface area contributed by atoms with E-state index in [-0.39, 0.29) is 6.04 Å². The monoisotopic (exact) mass is 277 g/mol. The quantitative estimate of drug-likeness (QED) is 0.872. The van der Waals surface area contributed by atoms with E-state index in [1.54, 1.807) is 13.3 Å². The molecule has 2 rings (SSSR count). The van der Waals surface area contributed by atoms with Crippen molar-refractivity contribution in [2.24, 2.45) is 7.05 Å². The number of aromatic nitrogens is 4. The maximum atomic E-state index is 5.47. The van der Waals surface area contributed by atoms with E-state index in [1.165, 1.54) is 0 Å². The molecule has 0 bridgehead atoms. The summed E-state index contributed by atoms with van der Waals surface area (Å²) in [4.78, 5) is 0. The minimum Gasteiger partial charge on any atom is -0.493 e. The minimum atomic E-state index is 0.00481. The van der Waals surface area contributed by atoms with Crippen molar-refractivity contribution in [1.82, 2.24) is 24.9 Å². The fourth-order valence-corrected chi connectivity index (χ4v) is 2.54. The summed E-state index contributed by atoms with van der Waals surface area (Å²) in [7, 11) is 5.58. The Labute approximate surface area is 119 Å². The molecular weight excluding hydrogens is 254 g/mol. The molecule has 2 heterocycles. The van der Waals surface area contributed by atoms with Crippen LogP contribution in [-0.2, 0) is 13.6 Å². The molecule has 1 atom stereocenters. The SMILES string of the molecule is CCCn1ncc(OC)c1C(NC)c1cc(C)nn1C. The van der Waals surface area contributed by atoms with Crippen LogP contribution < -0.4 is 10.1 Å². The first-order valence-electron chi connectivity index (χ1n) is 6.89. The molecular formula is C14H23N5O. The summed E-state index contributed by atoms with van der Waals surface area (Å²) in [6.45, 7) is 5.00. The number of aryl methyl sites for hydroxylation is 3. The minimum absolute atomic E-state index is 0.00481. The van der Waals surface area contributed by atoms with Gasteiger partial charge in [-0.3, -0.25) is 9.36 Å². The molecule has 0 aliphatic rings. The van der Waals surface area contributed by atoms with Gasteiger partial charge < -0.3 is 10.1 Å². The Bertz CT molecular complexity index is 572. The highest BCUT2D eigenvalue weighted by atomic mass is 16.5.